The molecule has 38 heavy (non-hydrogen) atoms. The third-order valence-electron chi connectivity index (χ3n) is 6.06. The lowest BCUT2D eigenvalue weighted by molar-refractivity contribution is -0.384. The van der Waals surface area contributed by atoms with Crippen LogP contribution in [0.3, 0.4) is 0 Å². The summed E-state index contributed by atoms with van der Waals surface area (Å²) in [6, 6.07) is 11.8. The number of non-ortho nitro benzene ring substituents is 1. The van der Waals surface area contributed by atoms with Crippen LogP contribution in [-0.2, 0) is 11.3 Å². The zero-order chi connectivity index (χ0) is 27.1. The number of nitro benzene ring substituents is 1. The number of nitrogens with one attached hydrogen (secondary N) is 1. The van der Waals surface area contributed by atoms with Crippen molar-refractivity contribution in [1.29, 1.82) is 0 Å². The average Bonchev–Trinajstić information content (AvgIpc) is 3.40. The maximum atomic E-state index is 14.0. The van der Waals surface area contributed by atoms with Crippen molar-refractivity contribution in [2.24, 2.45) is 0 Å². The van der Waals surface area contributed by atoms with Crippen LogP contribution in [0.1, 0.15) is 15.5 Å². The van der Waals surface area contributed by atoms with Gasteiger partial charge in [-0.1, -0.05) is 12.1 Å². The number of para-hydroxylation sites is 1. The summed E-state index contributed by atoms with van der Waals surface area (Å²) in [7, 11) is 1.52. The molecule has 1 aromatic heterocycles. The molecule has 13 heteroatoms. The monoisotopic (exact) mass is 542 g/mol. The van der Waals surface area contributed by atoms with E-state index in [4.69, 9.17) is 4.74 Å². The second kappa shape index (κ2) is 12.4. The molecule has 1 aliphatic heterocycles. The highest BCUT2D eigenvalue weighted by molar-refractivity contribution is 7.09. The van der Waals surface area contributed by atoms with Crippen molar-refractivity contribution in [3.05, 3.63) is 80.5 Å². The maximum Gasteiger partial charge on any atom is 0.322 e. The molecule has 0 saturated carbocycles. The predicted molar refractivity (Wildman–Crippen MR) is 141 cm³/mol. The molecule has 200 valence electrons. The van der Waals surface area contributed by atoms with Gasteiger partial charge in [-0.3, -0.25) is 14.9 Å². The number of halogens is 1. The van der Waals surface area contributed by atoms with Crippen LogP contribution in [0.4, 0.5) is 26.2 Å². The van der Waals surface area contributed by atoms with Crippen LogP contribution in [0.25, 0.3) is 0 Å². The highest BCUT2D eigenvalue weighted by Gasteiger charge is 2.25. The molecule has 0 bridgehead atoms. The number of methoxy groups -OCH3 is 1. The smallest absolute Gasteiger partial charge is 0.322 e. The number of rotatable bonds is 9. The molecule has 3 amide bonds. The Morgan fingerprint density at radius 3 is 2.53 bits per heavy atom. The van der Waals surface area contributed by atoms with Crippen molar-refractivity contribution < 1.29 is 23.6 Å². The Morgan fingerprint density at radius 2 is 1.87 bits per heavy atom. The van der Waals surface area contributed by atoms with Crippen LogP contribution in [0.2, 0.25) is 0 Å². The van der Waals surface area contributed by atoms with Crippen molar-refractivity contribution >= 4 is 40.3 Å². The summed E-state index contributed by atoms with van der Waals surface area (Å²) in [5.41, 5.74) is 1.27. The van der Waals surface area contributed by atoms with Crippen LogP contribution in [-0.4, -0.2) is 78.1 Å². The van der Waals surface area contributed by atoms with E-state index in [2.05, 4.69) is 15.2 Å². The number of urea groups is 1. The van der Waals surface area contributed by atoms with E-state index >= 15 is 0 Å². The van der Waals surface area contributed by atoms with Gasteiger partial charge in [-0.2, -0.15) is 0 Å². The van der Waals surface area contributed by atoms with Gasteiger partial charge in [-0.05, 0) is 24.3 Å². The summed E-state index contributed by atoms with van der Waals surface area (Å²) >= 11 is 1.27. The van der Waals surface area contributed by atoms with Gasteiger partial charge in [0.2, 0.25) is 0 Å². The normalized spacial score (nSPS) is 13.3. The first-order valence-electron chi connectivity index (χ1n) is 11.9. The molecule has 1 aliphatic rings. The summed E-state index contributed by atoms with van der Waals surface area (Å²) < 4.78 is 19.1. The van der Waals surface area contributed by atoms with Gasteiger partial charge in [0.1, 0.15) is 16.5 Å². The number of aromatic nitrogens is 1. The van der Waals surface area contributed by atoms with E-state index < -0.39 is 16.8 Å². The number of benzene rings is 2. The standard InChI is InChI=1S/C25H27FN6O5S/c1-37-15-14-31(25(34)28-21-5-3-2-4-20(21)26)16-23-27-22(17-38-23)24(33)30-12-10-29(11-13-30)18-6-8-19(9-7-18)32(35)36/h2-9,17H,10-16H2,1H3,(H,28,34). The van der Waals surface area contributed by atoms with Gasteiger partial charge in [0.25, 0.3) is 11.6 Å². The summed E-state index contributed by atoms with van der Waals surface area (Å²) in [6.07, 6.45) is 0. The highest BCUT2D eigenvalue weighted by atomic mass is 32.1. The number of thiazole rings is 1. The molecule has 2 aromatic carbocycles. The Balaban J connectivity index is 1.35. The molecule has 1 fully saturated rings. The fourth-order valence-electron chi connectivity index (χ4n) is 3.97. The molecule has 4 rings (SSSR count). The quantitative estimate of drug-likeness (QED) is 0.322. The SMILES string of the molecule is COCCN(Cc1nc(C(=O)N2CCN(c3ccc([N+](=O)[O-])cc3)CC2)cs1)C(=O)Nc1ccccc1F. The summed E-state index contributed by atoms with van der Waals surface area (Å²) in [5.74, 6) is -0.738. The zero-order valence-electron chi connectivity index (χ0n) is 20.7. The molecule has 0 unspecified atom stereocenters. The number of nitro groups is 1. The summed E-state index contributed by atoms with van der Waals surface area (Å²) in [5, 5.41) is 15.7. The number of carbonyl (C=O) groups excluding carboxylic acids is 2. The Kier molecular flexibility index (Phi) is 8.81. The highest BCUT2D eigenvalue weighted by Crippen LogP contribution is 2.22. The van der Waals surface area contributed by atoms with E-state index in [0.29, 0.717) is 36.9 Å². The predicted octanol–water partition coefficient (Wildman–Crippen LogP) is 3.83. The first-order valence-corrected chi connectivity index (χ1v) is 12.8. The van der Waals surface area contributed by atoms with Gasteiger partial charge in [-0.15, -0.1) is 11.3 Å². The molecule has 1 N–H and O–H groups in total. The number of anilines is 2. The molecule has 2 heterocycles. The van der Waals surface area contributed by atoms with E-state index in [9.17, 15) is 24.1 Å². The van der Waals surface area contributed by atoms with Crippen LogP contribution >= 0.6 is 11.3 Å². The topological polar surface area (TPSA) is 121 Å². The van der Waals surface area contributed by atoms with Crippen molar-refractivity contribution in [3.63, 3.8) is 0 Å². The lowest BCUT2D eigenvalue weighted by atomic mass is 10.2. The number of hydrogen-bond donors (Lipinski definition) is 1. The van der Waals surface area contributed by atoms with Crippen LogP contribution in [0.15, 0.2) is 53.9 Å². The van der Waals surface area contributed by atoms with Crippen LogP contribution in [0.5, 0.6) is 0 Å². The second-order valence-corrected chi connectivity index (χ2v) is 9.45. The Hall–Kier alpha value is -4.10. The van der Waals surface area contributed by atoms with Crippen molar-refractivity contribution in [1.82, 2.24) is 14.8 Å². The number of nitrogens with zero attached hydrogens (tertiary/aromatic N) is 5. The van der Waals surface area contributed by atoms with E-state index in [1.54, 1.807) is 28.5 Å². The first-order chi connectivity index (χ1) is 18.4. The van der Waals surface area contributed by atoms with Gasteiger partial charge in [-0.25, -0.2) is 14.2 Å². The number of ether oxygens (including phenoxy) is 1. The van der Waals surface area contributed by atoms with Crippen molar-refractivity contribution in [3.8, 4) is 0 Å². The van der Waals surface area contributed by atoms with E-state index in [1.807, 2.05) is 0 Å². The molecule has 0 aliphatic carbocycles. The molecule has 1 saturated heterocycles. The van der Waals surface area contributed by atoms with Crippen molar-refractivity contribution in [2.45, 2.75) is 6.54 Å². The molecule has 0 atom stereocenters. The van der Waals surface area contributed by atoms with Gasteiger partial charge in [0, 0.05) is 63.0 Å². The Morgan fingerprint density at radius 1 is 1.16 bits per heavy atom. The minimum absolute atomic E-state index is 0.0346. The molecule has 0 radical (unpaired) electrons. The number of hydrogen-bond acceptors (Lipinski definition) is 8. The van der Waals surface area contributed by atoms with Gasteiger partial charge >= 0.3 is 6.03 Å². The minimum Gasteiger partial charge on any atom is -0.383 e. The lowest BCUT2D eigenvalue weighted by Crippen LogP contribution is -2.48. The largest absolute Gasteiger partial charge is 0.383 e. The van der Waals surface area contributed by atoms with Crippen molar-refractivity contribution in [2.75, 3.05) is 56.7 Å². The zero-order valence-corrected chi connectivity index (χ0v) is 21.5. The molecular formula is C25H27FN6O5S. The maximum absolute atomic E-state index is 14.0. The molecule has 0 spiro atoms. The van der Waals surface area contributed by atoms with E-state index in [-0.39, 0.29) is 37.0 Å². The third-order valence-corrected chi connectivity index (χ3v) is 6.89. The van der Waals surface area contributed by atoms with E-state index in [1.165, 1.54) is 53.7 Å². The molecule has 11 nitrogen and oxygen atoms in total. The first kappa shape index (κ1) is 26.9. The average molecular weight is 543 g/mol. The van der Waals surface area contributed by atoms with Gasteiger partial charge in [0.15, 0.2) is 0 Å². The number of carbonyl (C=O) groups is 2. The number of piperazine rings is 1. The van der Waals surface area contributed by atoms with Crippen LogP contribution < -0.4 is 10.2 Å². The second-order valence-electron chi connectivity index (χ2n) is 8.50. The molecule has 3 aromatic rings. The Labute approximate surface area is 222 Å². The fraction of sp³-hybridized carbons (Fsp3) is 0.320. The van der Waals surface area contributed by atoms with Gasteiger partial charge < -0.3 is 24.8 Å². The fourth-order valence-corrected chi connectivity index (χ4v) is 4.75. The minimum atomic E-state index is -0.539. The summed E-state index contributed by atoms with van der Waals surface area (Å²) in [6.45, 7) is 2.80. The molecular weight excluding hydrogens is 515 g/mol. The summed E-state index contributed by atoms with van der Waals surface area (Å²) in [4.78, 5) is 46.0. The van der Waals surface area contributed by atoms with Crippen LogP contribution in [0, 0.1) is 15.9 Å². The van der Waals surface area contributed by atoms with Gasteiger partial charge in [0.05, 0.1) is 23.8 Å². The number of amides is 3. The lowest BCUT2D eigenvalue weighted by Gasteiger charge is -2.35. The Bertz CT molecular complexity index is 1280. The third kappa shape index (κ3) is 6.61. The van der Waals surface area contributed by atoms with E-state index in [0.717, 1.165) is 5.69 Å².